The maximum Gasteiger partial charge on any atom is 0.122 e. The fourth-order valence-corrected chi connectivity index (χ4v) is 2.27. The molecule has 18 heavy (non-hydrogen) atoms. The lowest BCUT2D eigenvalue weighted by Gasteiger charge is -2.15. The molecule has 0 aliphatic heterocycles. The van der Waals surface area contributed by atoms with Gasteiger partial charge in [-0.1, -0.05) is 48.0 Å². The molecule has 0 saturated carbocycles. The summed E-state index contributed by atoms with van der Waals surface area (Å²) >= 11 is 6.15. The summed E-state index contributed by atoms with van der Waals surface area (Å²) in [4.78, 5) is 0. The fourth-order valence-electron chi connectivity index (χ4n) is 1.99. The van der Waals surface area contributed by atoms with E-state index in [9.17, 15) is 0 Å². The first-order valence-electron chi connectivity index (χ1n) is 5.84. The average Bonchev–Trinajstić information content (AvgIpc) is 2.39. The Hall–Kier alpha value is -1.51. The Morgan fingerprint density at radius 1 is 1.11 bits per heavy atom. The maximum absolute atomic E-state index is 6.21. The van der Waals surface area contributed by atoms with Crippen LogP contribution in [-0.4, -0.2) is 7.11 Å². The summed E-state index contributed by atoms with van der Waals surface area (Å²) in [7, 11) is 1.67. The second-order valence-electron chi connectivity index (χ2n) is 4.14. The summed E-state index contributed by atoms with van der Waals surface area (Å²) in [6.07, 6.45) is 0.702. The average molecular weight is 262 g/mol. The molecule has 0 bridgehead atoms. The Morgan fingerprint density at radius 3 is 2.50 bits per heavy atom. The second kappa shape index (κ2) is 5.89. The van der Waals surface area contributed by atoms with Gasteiger partial charge in [0.05, 0.1) is 7.11 Å². The molecule has 0 fully saturated rings. The SMILES string of the molecule is COc1ccccc1CC(N)c1ccccc1Cl. The van der Waals surface area contributed by atoms with Gasteiger partial charge in [-0.05, 0) is 29.7 Å². The monoisotopic (exact) mass is 261 g/mol. The predicted octanol–water partition coefficient (Wildman–Crippen LogP) is 3.59. The van der Waals surface area contributed by atoms with Crippen molar-refractivity contribution in [2.24, 2.45) is 5.73 Å². The van der Waals surface area contributed by atoms with Crippen molar-refractivity contribution in [3.63, 3.8) is 0 Å². The molecule has 2 rings (SSSR count). The van der Waals surface area contributed by atoms with Crippen LogP contribution in [0.25, 0.3) is 0 Å². The van der Waals surface area contributed by atoms with Gasteiger partial charge in [-0.3, -0.25) is 0 Å². The van der Waals surface area contributed by atoms with Crippen LogP contribution in [-0.2, 0) is 6.42 Å². The largest absolute Gasteiger partial charge is 0.496 e. The van der Waals surface area contributed by atoms with E-state index < -0.39 is 0 Å². The third-order valence-electron chi connectivity index (χ3n) is 2.94. The van der Waals surface area contributed by atoms with E-state index >= 15 is 0 Å². The highest BCUT2D eigenvalue weighted by Gasteiger charge is 2.12. The lowest BCUT2D eigenvalue weighted by atomic mass is 9.99. The predicted molar refractivity (Wildman–Crippen MR) is 75.1 cm³/mol. The second-order valence-corrected chi connectivity index (χ2v) is 4.55. The smallest absolute Gasteiger partial charge is 0.122 e. The van der Waals surface area contributed by atoms with E-state index in [0.717, 1.165) is 16.9 Å². The van der Waals surface area contributed by atoms with Crippen molar-refractivity contribution < 1.29 is 4.74 Å². The normalized spacial score (nSPS) is 12.2. The van der Waals surface area contributed by atoms with Crippen LogP contribution in [0.15, 0.2) is 48.5 Å². The molecule has 94 valence electrons. The first-order valence-corrected chi connectivity index (χ1v) is 6.22. The number of ether oxygens (including phenoxy) is 1. The van der Waals surface area contributed by atoms with Crippen molar-refractivity contribution in [1.82, 2.24) is 0 Å². The molecule has 0 aliphatic carbocycles. The summed E-state index contributed by atoms with van der Waals surface area (Å²) in [5.74, 6) is 0.861. The topological polar surface area (TPSA) is 35.2 Å². The van der Waals surface area contributed by atoms with Crippen molar-refractivity contribution in [1.29, 1.82) is 0 Å². The Balaban J connectivity index is 2.21. The molecule has 2 N–H and O–H groups in total. The van der Waals surface area contributed by atoms with Crippen LogP contribution >= 0.6 is 11.6 Å². The molecule has 0 aromatic heterocycles. The quantitative estimate of drug-likeness (QED) is 0.913. The Morgan fingerprint density at radius 2 is 1.78 bits per heavy atom. The van der Waals surface area contributed by atoms with Crippen LogP contribution in [0.1, 0.15) is 17.2 Å². The molecule has 0 radical (unpaired) electrons. The number of benzene rings is 2. The van der Waals surface area contributed by atoms with Gasteiger partial charge < -0.3 is 10.5 Å². The summed E-state index contributed by atoms with van der Waals surface area (Å²) in [6.45, 7) is 0. The molecule has 0 heterocycles. The van der Waals surface area contributed by atoms with Gasteiger partial charge in [0.1, 0.15) is 5.75 Å². The molecule has 2 aromatic rings. The van der Waals surface area contributed by atoms with E-state index in [1.54, 1.807) is 7.11 Å². The molecule has 0 amide bonds. The van der Waals surface area contributed by atoms with Crippen LogP contribution < -0.4 is 10.5 Å². The van der Waals surface area contributed by atoms with E-state index in [2.05, 4.69) is 0 Å². The van der Waals surface area contributed by atoms with E-state index in [1.165, 1.54) is 0 Å². The molecule has 0 spiro atoms. The minimum Gasteiger partial charge on any atom is -0.496 e. The molecule has 3 heteroatoms. The highest BCUT2D eigenvalue weighted by Crippen LogP contribution is 2.27. The molecule has 1 unspecified atom stereocenters. The zero-order valence-corrected chi connectivity index (χ0v) is 11.0. The number of para-hydroxylation sites is 1. The molecule has 1 atom stereocenters. The van der Waals surface area contributed by atoms with E-state index in [-0.39, 0.29) is 6.04 Å². The minimum absolute atomic E-state index is 0.130. The summed E-state index contributed by atoms with van der Waals surface area (Å²) in [6, 6.07) is 15.4. The third-order valence-corrected chi connectivity index (χ3v) is 3.28. The zero-order chi connectivity index (χ0) is 13.0. The highest BCUT2D eigenvalue weighted by molar-refractivity contribution is 6.31. The standard InChI is InChI=1S/C15H16ClNO/c1-18-15-9-5-2-6-11(15)10-14(17)12-7-3-4-8-13(12)16/h2-9,14H,10,17H2,1H3. The van der Waals surface area contributed by atoms with Crippen LogP contribution in [0.3, 0.4) is 0 Å². The number of methoxy groups -OCH3 is 1. The highest BCUT2D eigenvalue weighted by atomic mass is 35.5. The van der Waals surface area contributed by atoms with Gasteiger partial charge in [0.15, 0.2) is 0 Å². The van der Waals surface area contributed by atoms with Crippen LogP contribution in [0.2, 0.25) is 5.02 Å². The maximum atomic E-state index is 6.21. The van der Waals surface area contributed by atoms with Gasteiger partial charge in [-0.15, -0.1) is 0 Å². The number of hydrogen-bond acceptors (Lipinski definition) is 2. The van der Waals surface area contributed by atoms with Crippen molar-refractivity contribution in [2.45, 2.75) is 12.5 Å². The summed E-state index contributed by atoms with van der Waals surface area (Å²) in [5, 5.41) is 0.708. The fraction of sp³-hybridized carbons (Fsp3) is 0.200. The van der Waals surface area contributed by atoms with E-state index in [1.807, 2.05) is 48.5 Å². The van der Waals surface area contributed by atoms with Gasteiger partial charge in [0.2, 0.25) is 0 Å². The summed E-state index contributed by atoms with van der Waals surface area (Å²) in [5.41, 5.74) is 8.26. The third kappa shape index (κ3) is 2.84. The first-order chi connectivity index (χ1) is 8.72. The minimum atomic E-state index is -0.130. The molecular formula is C15H16ClNO. The molecule has 2 nitrogen and oxygen atoms in total. The Labute approximate surface area is 112 Å². The Kier molecular flexibility index (Phi) is 4.24. The lowest BCUT2D eigenvalue weighted by Crippen LogP contribution is -2.14. The number of nitrogens with two attached hydrogens (primary N) is 1. The van der Waals surface area contributed by atoms with Gasteiger partial charge in [-0.2, -0.15) is 0 Å². The van der Waals surface area contributed by atoms with Crippen molar-refractivity contribution in [3.05, 3.63) is 64.7 Å². The summed E-state index contributed by atoms with van der Waals surface area (Å²) < 4.78 is 5.32. The lowest BCUT2D eigenvalue weighted by molar-refractivity contribution is 0.408. The molecule has 2 aromatic carbocycles. The van der Waals surface area contributed by atoms with Gasteiger partial charge in [0.25, 0.3) is 0 Å². The van der Waals surface area contributed by atoms with Gasteiger partial charge in [-0.25, -0.2) is 0 Å². The van der Waals surface area contributed by atoms with Crippen LogP contribution in [0.5, 0.6) is 5.75 Å². The molecular weight excluding hydrogens is 246 g/mol. The number of rotatable bonds is 4. The molecule has 0 aliphatic rings. The first kappa shape index (κ1) is 12.9. The van der Waals surface area contributed by atoms with Crippen LogP contribution in [0, 0.1) is 0 Å². The van der Waals surface area contributed by atoms with E-state index in [4.69, 9.17) is 22.1 Å². The Bertz CT molecular complexity index is 527. The van der Waals surface area contributed by atoms with Crippen molar-refractivity contribution >= 4 is 11.6 Å². The van der Waals surface area contributed by atoms with Gasteiger partial charge in [0, 0.05) is 11.1 Å². The molecule has 0 saturated heterocycles. The van der Waals surface area contributed by atoms with Crippen LogP contribution in [0.4, 0.5) is 0 Å². The zero-order valence-electron chi connectivity index (χ0n) is 10.3. The van der Waals surface area contributed by atoms with Crippen molar-refractivity contribution in [3.8, 4) is 5.75 Å². The van der Waals surface area contributed by atoms with Crippen molar-refractivity contribution in [2.75, 3.05) is 7.11 Å². The number of hydrogen-bond donors (Lipinski definition) is 1. The number of halogens is 1. The van der Waals surface area contributed by atoms with Gasteiger partial charge >= 0.3 is 0 Å². The van der Waals surface area contributed by atoms with E-state index in [0.29, 0.717) is 11.4 Å².